The highest BCUT2D eigenvalue weighted by Gasteiger charge is 2.14. The monoisotopic (exact) mass is 622 g/mol. The van der Waals surface area contributed by atoms with Crippen LogP contribution in [0.25, 0.3) is 34.2 Å². The molecule has 0 atom stereocenters. The maximum atomic E-state index is 5.42. The van der Waals surface area contributed by atoms with Gasteiger partial charge in [0, 0.05) is 11.1 Å². The fourth-order valence-corrected chi connectivity index (χ4v) is 5.48. The van der Waals surface area contributed by atoms with Gasteiger partial charge < -0.3 is 9.47 Å². The molecule has 0 saturated heterocycles. The molecule has 0 fully saturated rings. The lowest BCUT2D eigenvalue weighted by atomic mass is 10.1. The van der Waals surface area contributed by atoms with E-state index in [4.69, 9.17) is 33.9 Å². The molecule has 10 heteroatoms. The van der Waals surface area contributed by atoms with Crippen LogP contribution in [0.3, 0.4) is 0 Å². The van der Waals surface area contributed by atoms with Crippen molar-refractivity contribution >= 4 is 24.4 Å². The van der Waals surface area contributed by atoms with Gasteiger partial charge in [0.2, 0.25) is 0 Å². The number of hydrogen-bond acceptors (Lipinski definition) is 6. The number of nitrogens with zero attached hydrogens (tertiary/aromatic N) is 4. The number of nitrogens with one attached hydrogen (secondary N) is 2. The van der Waals surface area contributed by atoms with E-state index in [1.54, 1.807) is 14.2 Å². The minimum Gasteiger partial charge on any atom is -0.497 e. The number of aromatic amines is 2. The molecule has 224 valence electrons. The summed E-state index contributed by atoms with van der Waals surface area (Å²) in [5.41, 5.74) is 8.80. The third-order valence-corrected chi connectivity index (χ3v) is 7.78. The molecule has 2 heterocycles. The maximum Gasteiger partial charge on any atom is 0.200 e. The van der Waals surface area contributed by atoms with Gasteiger partial charge in [-0.1, -0.05) is 35.4 Å². The molecule has 2 aromatic heterocycles. The molecule has 0 aliphatic carbocycles. The molecule has 44 heavy (non-hydrogen) atoms. The Kier molecular flexibility index (Phi) is 9.22. The molecule has 0 aliphatic heterocycles. The van der Waals surface area contributed by atoms with Crippen molar-refractivity contribution in [2.75, 3.05) is 14.2 Å². The fraction of sp³-hybridized carbons (Fsp3) is 0.176. The fourth-order valence-electron chi connectivity index (χ4n) is 5.02. The lowest BCUT2D eigenvalue weighted by molar-refractivity contribution is 0.414. The molecule has 0 unspecified atom stereocenters. The highest BCUT2D eigenvalue weighted by molar-refractivity contribution is 7.71. The number of aryl methyl sites for hydroxylation is 4. The number of hydrogen-bond donors (Lipinski definition) is 2. The normalized spacial score (nSPS) is 10.7. The van der Waals surface area contributed by atoms with E-state index in [9.17, 15) is 0 Å². The second-order valence-corrected chi connectivity index (χ2v) is 11.2. The summed E-state index contributed by atoms with van der Waals surface area (Å²) in [7, 11) is 3.31. The predicted octanol–water partition coefficient (Wildman–Crippen LogP) is 8.44. The van der Waals surface area contributed by atoms with Crippen LogP contribution in [0.1, 0.15) is 22.3 Å². The van der Waals surface area contributed by atoms with Crippen LogP contribution in [0.4, 0.5) is 0 Å². The van der Waals surface area contributed by atoms with Gasteiger partial charge in [0.05, 0.1) is 25.6 Å². The van der Waals surface area contributed by atoms with E-state index in [0.717, 1.165) is 56.8 Å². The van der Waals surface area contributed by atoms with E-state index in [1.807, 2.05) is 57.7 Å². The number of aromatic nitrogens is 6. The van der Waals surface area contributed by atoms with Crippen molar-refractivity contribution in [3.05, 3.63) is 117 Å². The highest BCUT2D eigenvalue weighted by atomic mass is 32.1. The van der Waals surface area contributed by atoms with Crippen molar-refractivity contribution in [2.45, 2.75) is 27.7 Å². The van der Waals surface area contributed by atoms with Gasteiger partial charge in [-0.15, -0.1) is 0 Å². The van der Waals surface area contributed by atoms with Crippen molar-refractivity contribution in [2.24, 2.45) is 0 Å². The van der Waals surface area contributed by atoms with Crippen molar-refractivity contribution in [3.63, 3.8) is 0 Å². The second kappa shape index (κ2) is 13.2. The smallest absolute Gasteiger partial charge is 0.200 e. The number of rotatable bonds is 6. The number of ether oxygens (including phenoxy) is 2. The summed E-state index contributed by atoms with van der Waals surface area (Å²) in [4.78, 5) is 0. The predicted molar refractivity (Wildman–Crippen MR) is 180 cm³/mol. The Bertz CT molecular complexity index is 1870. The van der Waals surface area contributed by atoms with Gasteiger partial charge in [-0.05, 0) is 124 Å². The zero-order valence-corrected chi connectivity index (χ0v) is 27.1. The van der Waals surface area contributed by atoms with E-state index >= 15 is 0 Å². The van der Waals surface area contributed by atoms with Crippen LogP contribution in [-0.2, 0) is 0 Å². The minimum atomic E-state index is 0.581. The number of benzene rings is 4. The molecule has 0 radical (unpaired) electrons. The van der Waals surface area contributed by atoms with Crippen molar-refractivity contribution in [1.29, 1.82) is 0 Å². The summed E-state index contributed by atoms with van der Waals surface area (Å²) >= 11 is 10.8. The van der Waals surface area contributed by atoms with E-state index in [0.29, 0.717) is 9.54 Å². The molecule has 0 amide bonds. The first kappa shape index (κ1) is 30.7. The van der Waals surface area contributed by atoms with E-state index in [2.05, 4.69) is 84.5 Å². The Morgan fingerprint density at radius 2 is 0.909 bits per heavy atom. The zero-order chi connectivity index (χ0) is 31.4. The van der Waals surface area contributed by atoms with Crippen LogP contribution in [0, 0.1) is 37.2 Å². The zero-order valence-electron chi connectivity index (χ0n) is 25.5. The molecule has 4 aromatic carbocycles. The summed E-state index contributed by atoms with van der Waals surface area (Å²) in [6.07, 6.45) is 0. The van der Waals surface area contributed by atoms with E-state index in [-0.39, 0.29) is 0 Å². The average molecular weight is 623 g/mol. The Labute approximate surface area is 267 Å². The van der Waals surface area contributed by atoms with Crippen LogP contribution >= 0.6 is 24.4 Å². The van der Waals surface area contributed by atoms with Gasteiger partial charge >= 0.3 is 0 Å². The standard InChI is InChI=1S/2C17H17N3OS/c2*1-11-4-9-15(12(2)10-11)20-16(18-19-17(20)22)13-5-7-14(21-3)8-6-13/h2*4-10H,1-3H3,(H,19,22). The molecule has 0 spiro atoms. The summed E-state index contributed by atoms with van der Waals surface area (Å²) in [6.45, 7) is 8.31. The first-order valence-corrected chi connectivity index (χ1v) is 14.8. The SMILES string of the molecule is COc1ccc(-c2n[nH]c(=S)n2-c2ccc(C)cc2C)cc1.COc1ccc(-c2n[nH]c(=S)n2-c2ccc(C)cc2C)cc1. The van der Waals surface area contributed by atoms with Gasteiger partial charge in [0.1, 0.15) is 11.5 Å². The topological polar surface area (TPSA) is 85.7 Å². The molecule has 0 bridgehead atoms. The summed E-state index contributed by atoms with van der Waals surface area (Å²) in [5, 5.41) is 14.6. The van der Waals surface area contributed by atoms with Crippen LogP contribution in [0.5, 0.6) is 11.5 Å². The Balaban J connectivity index is 0.000000175. The largest absolute Gasteiger partial charge is 0.497 e. The average Bonchev–Trinajstić information content (AvgIpc) is 3.60. The third-order valence-electron chi connectivity index (χ3n) is 7.23. The summed E-state index contributed by atoms with van der Waals surface area (Å²) in [5.74, 6) is 3.21. The molecule has 2 N–H and O–H groups in total. The third kappa shape index (κ3) is 6.41. The van der Waals surface area contributed by atoms with Gasteiger partial charge in [-0.3, -0.25) is 19.3 Å². The van der Waals surface area contributed by atoms with Crippen LogP contribution in [0.15, 0.2) is 84.9 Å². The van der Waals surface area contributed by atoms with Crippen molar-refractivity contribution in [1.82, 2.24) is 29.5 Å². The van der Waals surface area contributed by atoms with Gasteiger partial charge in [-0.2, -0.15) is 10.2 Å². The lowest BCUT2D eigenvalue weighted by Crippen LogP contribution is -2.00. The molecule has 6 aromatic rings. The molecule has 6 rings (SSSR count). The molecule has 0 aliphatic rings. The first-order chi connectivity index (χ1) is 21.2. The van der Waals surface area contributed by atoms with Crippen LogP contribution in [0.2, 0.25) is 0 Å². The maximum absolute atomic E-state index is 5.42. The quantitative estimate of drug-likeness (QED) is 0.181. The molecule has 8 nitrogen and oxygen atoms in total. The Hall–Kier alpha value is -4.80. The van der Waals surface area contributed by atoms with Gasteiger partial charge in [0.25, 0.3) is 0 Å². The minimum absolute atomic E-state index is 0.581. The Morgan fingerprint density at radius 1 is 0.545 bits per heavy atom. The second-order valence-electron chi connectivity index (χ2n) is 10.4. The van der Waals surface area contributed by atoms with E-state index in [1.165, 1.54) is 11.1 Å². The summed E-state index contributed by atoms with van der Waals surface area (Å²) in [6, 6.07) is 28.2. The van der Waals surface area contributed by atoms with Gasteiger partial charge in [0.15, 0.2) is 21.2 Å². The van der Waals surface area contributed by atoms with Crippen molar-refractivity contribution < 1.29 is 9.47 Å². The van der Waals surface area contributed by atoms with Gasteiger partial charge in [-0.25, -0.2) is 0 Å². The van der Waals surface area contributed by atoms with E-state index < -0.39 is 0 Å². The highest BCUT2D eigenvalue weighted by Crippen LogP contribution is 2.27. The van der Waals surface area contributed by atoms with Crippen LogP contribution < -0.4 is 9.47 Å². The molecular formula is C34H34N6O2S2. The first-order valence-electron chi connectivity index (χ1n) is 14.0. The number of H-pyrrole nitrogens is 2. The molecule has 0 saturated carbocycles. The lowest BCUT2D eigenvalue weighted by Gasteiger charge is -2.11. The van der Waals surface area contributed by atoms with Crippen molar-refractivity contribution in [3.8, 4) is 45.6 Å². The molecular weight excluding hydrogens is 589 g/mol. The summed E-state index contributed by atoms with van der Waals surface area (Å²) < 4.78 is 15.5. The number of methoxy groups -OCH3 is 2. The Morgan fingerprint density at radius 3 is 1.23 bits per heavy atom. The van der Waals surface area contributed by atoms with Crippen LogP contribution in [-0.4, -0.2) is 43.7 Å².